The molecule has 3 aromatic rings. The predicted molar refractivity (Wildman–Crippen MR) is 97.8 cm³/mol. The number of halogens is 1. The lowest BCUT2D eigenvalue weighted by molar-refractivity contribution is 0.102. The summed E-state index contributed by atoms with van der Waals surface area (Å²) in [5, 5.41) is 4.39. The fraction of sp³-hybridized carbons (Fsp3) is 0.111. The molecule has 0 unspecified atom stereocenters. The summed E-state index contributed by atoms with van der Waals surface area (Å²) in [4.78, 5) is 17.0. The van der Waals surface area contributed by atoms with Crippen LogP contribution in [0.5, 0.6) is 0 Å². The molecule has 0 radical (unpaired) electrons. The number of benzene rings is 2. The molecular formula is C18H14ClN3OS. The first-order chi connectivity index (χ1) is 11.7. The van der Waals surface area contributed by atoms with Gasteiger partial charge in [-0.05, 0) is 24.3 Å². The normalized spacial score (nSPS) is 12.9. The third kappa shape index (κ3) is 2.92. The third-order valence-electron chi connectivity index (χ3n) is 3.84. The van der Waals surface area contributed by atoms with E-state index in [0.717, 1.165) is 34.4 Å². The first kappa shape index (κ1) is 15.3. The Morgan fingerprint density at radius 2 is 2.08 bits per heavy atom. The Hall–Kier alpha value is -2.24. The minimum absolute atomic E-state index is 0.222. The topological polar surface area (TPSA) is 46.9 Å². The number of nitrogens with zero attached hydrogens (tertiary/aromatic N) is 2. The summed E-state index contributed by atoms with van der Waals surface area (Å²) in [6, 6.07) is 14.7. The lowest BCUT2D eigenvalue weighted by atomic mass is 10.1. The standard InChI is InChI=1S/C18H14ClN3OS/c19-15-7-2-1-6-14(15)17(23)20-13-5-3-4-12(10-13)16-11-22-8-9-24-18(22)21-16/h1-7,10-11H,8-9H2,(H,20,23). The van der Waals surface area contributed by atoms with Gasteiger partial charge in [-0.3, -0.25) is 4.79 Å². The summed E-state index contributed by atoms with van der Waals surface area (Å²) >= 11 is 7.84. The fourth-order valence-electron chi connectivity index (χ4n) is 2.65. The molecule has 6 heteroatoms. The van der Waals surface area contributed by atoms with E-state index in [2.05, 4.69) is 21.1 Å². The molecule has 0 spiro atoms. The molecule has 1 aliphatic heterocycles. The largest absolute Gasteiger partial charge is 0.325 e. The average molecular weight is 356 g/mol. The van der Waals surface area contributed by atoms with Crippen LogP contribution >= 0.6 is 23.4 Å². The zero-order chi connectivity index (χ0) is 16.5. The van der Waals surface area contributed by atoms with E-state index >= 15 is 0 Å². The second-order valence-electron chi connectivity index (χ2n) is 5.47. The molecular weight excluding hydrogens is 342 g/mol. The first-order valence-electron chi connectivity index (χ1n) is 7.57. The van der Waals surface area contributed by atoms with Crippen LogP contribution in [-0.4, -0.2) is 21.2 Å². The summed E-state index contributed by atoms with van der Waals surface area (Å²) < 4.78 is 2.16. The van der Waals surface area contributed by atoms with Gasteiger partial charge in [0.25, 0.3) is 5.91 Å². The van der Waals surface area contributed by atoms with Crippen LogP contribution in [-0.2, 0) is 6.54 Å². The maximum Gasteiger partial charge on any atom is 0.257 e. The van der Waals surface area contributed by atoms with Crippen molar-refractivity contribution < 1.29 is 4.79 Å². The number of amides is 1. The number of aromatic nitrogens is 2. The molecule has 4 rings (SSSR count). The SMILES string of the molecule is O=C(Nc1cccc(-c2cn3c(n2)SCC3)c1)c1ccccc1Cl. The van der Waals surface area contributed by atoms with Crippen LogP contribution in [0.25, 0.3) is 11.3 Å². The van der Waals surface area contributed by atoms with Crippen molar-refractivity contribution in [2.75, 3.05) is 11.1 Å². The third-order valence-corrected chi connectivity index (χ3v) is 5.14. The van der Waals surface area contributed by atoms with Crippen molar-refractivity contribution in [1.82, 2.24) is 9.55 Å². The maximum absolute atomic E-state index is 12.4. The lowest BCUT2D eigenvalue weighted by Crippen LogP contribution is -2.12. The summed E-state index contributed by atoms with van der Waals surface area (Å²) in [5.74, 6) is 0.858. The van der Waals surface area contributed by atoms with Gasteiger partial charge >= 0.3 is 0 Å². The first-order valence-corrected chi connectivity index (χ1v) is 8.93. The molecule has 1 aromatic heterocycles. The van der Waals surface area contributed by atoms with Gasteiger partial charge in [0.05, 0.1) is 16.3 Å². The molecule has 0 bridgehead atoms. The van der Waals surface area contributed by atoms with Crippen molar-refractivity contribution in [2.45, 2.75) is 11.7 Å². The number of anilines is 1. The van der Waals surface area contributed by atoms with Gasteiger partial charge in [0.2, 0.25) is 0 Å². The van der Waals surface area contributed by atoms with Crippen molar-refractivity contribution in [3.63, 3.8) is 0 Å². The van der Waals surface area contributed by atoms with Crippen molar-refractivity contribution in [3.8, 4) is 11.3 Å². The van der Waals surface area contributed by atoms with Gasteiger partial charge in [0, 0.05) is 29.7 Å². The van der Waals surface area contributed by atoms with Gasteiger partial charge in [-0.15, -0.1) is 0 Å². The second-order valence-corrected chi connectivity index (χ2v) is 6.93. The van der Waals surface area contributed by atoms with E-state index in [9.17, 15) is 4.79 Å². The van der Waals surface area contributed by atoms with E-state index in [1.807, 2.05) is 24.3 Å². The number of thioether (sulfide) groups is 1. The van der Waals surface area contributed by atoms with E-state index in [4.69, 9.17) is 11.6 Å². The quantitative estimate of drug-likeness (QED) is 0.749. The molecule has 4 nitrogen and oxygen atoms in total. The summed E-state index contributed by atoms with van der Waals surface area (Å²) in [7, 11) is 0. The molecule has 24 heavy (non-hydrogen) atoms. The zero-order valence-corrected chi connectivity index (χ0v) is 14.3. The Morgan fingerprint density at radius 1 is 1.21 bits per heavy atom. The highest BCUT2D eigenvalue weighted by molar-refractivity contribution is 7.99. The van der Waals surface area contributed by atoms with Gasteiger partial charge in [0.15, 0.2) is 5.16 Å². The summed E-state index contributed by atoms with van der Waals surface area (Å²) in [6.45, 7) is 0.996. The highest BCUT2D eigenvalue weighted by Crippen LogP contribution is 2.30. The van der Waals surface area contributed by atoms with Crippen molar-refractivity contribution >= 4 is 35.0 Å². The minimum Gasteiger partial charge on any atom is -0.325 e. The highest BCUT2D eigenvalue weighted by Gasteiger charge is 2.16. The number of rotatable bonds is 3. The number of carbonyl (C=O) groups excluding carboxylic acids is 1. The molecule has 2 aromatic carbocycles. The Bertz CT molecular complexity index is 901. The van der Waals surface area contributed by atoms with Crippen molar-refractivity contribution in [2.24, 2.45) is 0 Å². The second kappa shape index (κ2) is 6.34. The summed E-state index contributed by atoms with van der Waals surface area (Å²) in [5.41, 5.74) is 3.08. The molecule has 1 N–H and O–H groups in total. The fourth-order valence-corrected chi connectivity index (χ4v) is 3.81. The van der Waals surface area contributed by atoms with Crippen LogP contribution in [0.4, 0.5) is 5.69 Å². The van der Waals surface area contributed by atoms with Crippen LogP contribution in [0.2, 0.25) is 5.02 Å². The van der Waals surface area contributed by atoms with Gasteiger partial charge in [-0.25, -0.2) is 4.98 Å². The van der Waals surface area contributed by atoms with Crippen LogP contribution < -0.4 is 5.32 Å². The van der Waals surface area contributed by atoms with Crippen LogP contribution in [0.3, 0.4) is 0 Å². The molecule has 0 aliphatic carbocycles. The zero-order valence-electron chi connectivity index (χ0n) is 12.7. The Labute approximate surface area is 148 Å². The Balaban J connectivity index is 1.58. The Kier molecular flexibility index (Phi) is 4.04. The molecule has 1 aliphatic rings. The smallest absolute Gasteiger partial charge is 0.257 e. The van der Waals surface area contributed by atoms with Crippen molar-refractivity contribution in [1.29, 1.82) is 0 Å². The Morgan fingerprint density at radius 3 is 2.92 bits per heavy atom. The molecule has 0 saturated carbocycles. The molecule has 0 atom stereocenters. The molecule has 0 saturated heterocycles. The monoisotopic (exact) mass is 355 g/mol. The average Bonchev–Trinajstić information content (AvgIpc) is 3.17. The number of imidazole rings is 1. The van der Waals surface area contributed by atoms with E-state index in [1.54, 1.807) is 36.0 Å². The highest BCUT2D eigenvalue weighted by atomic mass is 35.5. The predicted octanol–water partition coefficient (Wildman–Crippen LogP) is 4.56. The summed E-state index contributed by atoms with van der Waals surface area (Å²) in [6.07, 6.45) is 2.06. The van der Waals surface area contributed by atoms with Gasteiger partial charge in [-0.2, -0.15) is 0 Å². The van der Waals surface area contributed by atoms with E-state index < -0.39 is 0 Å². The van der Waals surface area contributed by atoms with Crippen LogP contribution in [0.15, 0.2) is 59.9 Å². The van der Waals surface area contributed by atoms with Crippen molar-refractivity contribution in [3.05, 3.63) is 65.3 Å². The van der Waals surface area contributed by atoms with E-state index in [1.165, 1.54) is 0 Å². The number of nitrogens with one attached hydrogen (secondary N) is 1. The van der Waals surface area contributed by atoms with Crippen LogP contribution in [0.1, 0.15) is 10.4 Å². The number of fused-ring (bicyclic) bond motifs is 1. The molecule has 2 heterocycles. The number of hydrogen-bond acceptors (Lipinski definition) is 3. The van der Waals surface area contributed by atoms with Crippen LogP contribution in [0, 0.1) is 0 Å². The lowest BCUT2D eigenvalue weighted by Gasteiger charge is -2.08. The van der Waals surface area contributed by atoms with Gasteiger partial charge in [0.1, 0.15) is 0 Å². The number of carbonyl (C=O) groups is 1. The van der Waals surface area contributed by atoms with E-state index in [-0.39, 0.29) is 5.91 Å². The maximum atomic E-state index is 12.4. The van der Waals surface area contributed by atoms with Gasteiger partial charge < -0.3 is 9.88 Å². The molecule has 120 valence electrons. The molecule has 1 amide bonds. The molecule has 0 fully saturated rings. The minimum atomic E-state index is -0.222. The van der Waals surface area contributed by atoms with Gasteiger partial charge in [-0.1, -0.05) is 47.6 Å². The number of hydrogen-bond donors (Lipinski definition) is 1. The van der Waals surface area contributed by atoms with E-state index in [0.29, 0.717) is 10.6 Å². The number of aryl methyl sites for hydroxylation is 1.